The van der Waals surface area contributed by atoms with Crippen molar-refractivity contribution in [1.82, 2.24) is 4.90 Å². The van der Waals surface area contributed by atoms with Gasteiger partial charge in [-0.3, -0.25) is 9.59 Å². The third kappa shape index (κ3) is 3.88. The maximum absolute atomic E-state index is 12.0. The molecule has 1 aliphatic rings. The van der Waals surface area contributed by atoms with Crippen molar-refractivity contribution in [2.75, 3.05) is 13.2 Å². The Balaban J connectivity index is 2.69. The van der Waals surface area contributed by atoms with Crippen LogP contribution >= 0.6 is 0 Å². The third-order valence-corrected chi connectivity index (χ3v) is 2.70. The summed E-state index contributed by atoms with van der Waals surface area (Å²) < 4.78 is 4.92. The number of nitrogens with zero attached hydrogens (tertiary/aromatic N) is 1. The molecule has 0 unspecified atom stereocenters. The number of hydrogen-bond donors (Lipinski definition) is 0. The standard InChI is InChI=1S/C13H21NO3/c1-4-17-12(15)9-11-7-5-6-8-14(11)13(16)10(2)3/h7,10H,4-6,8-9H2,1-3H3. The second kappa shape index (κ2) is 6.42. The first-order chi connectivity index (χ1) is 8.06. The van der Waals surface area contributed by atoms with Crippen LogP contribution in [0.25, 0.3) is 0 Å². The summed E-state index contributed by atoms with van der Waals surface area (Å²) in [6.45, 7) is 6.62. The molecule has 1 heterocycles. The molecule has 1 aliphatic heterocycles. The molecule has 0 saturated carbocycles. The lowest BCUT2D eigenvalue weighted by Crippen LogP contribution is -2.37. The Labute approximate surface area is 103 Å². The highest BCUT2D eigenvalue weighted by molar-refractivity contribution is 5.82. The number of allylic oxidation sites excluding steroid dienone is 1. The number of ether oxygens (including phenoxy) is 1. The second-order valence-electron chi connectivity index (χ2n) is 4.46. The lowest BCUT2D eigenvalue weighted by Gasteiger charge is -2.29. The van der Waals surface area contributed by atoms with E-state index in [4.69, 9.17) is 4.74 Å². The van der Waals surface area contributed by atoms with Crippen LogP contribution in [0.5, 0.6) is 0 Å². The summed E-state index contributed by atoms with van der Waals surface area (Å²) in [5, 5.41) is 0. The molecule has 0 fully saturated rings. The molecule has 0 aliphatic carbocycles. The summed E-state index contributed by atoms with van der Waals surface area (Å²) in [7, 11) is 0. The smallest absolute Gasteiger partial charge is 0.311 e. The Morgan fingerprint density at radius 2 is 2.18 bits per heavy atom. The van der Waals surface area contributed by atoms with Crippen molar-refractivity contribution in [3.63, 3.8) is 0 Å². The van der Waals surface area contributed by atoms with E-state index >= 15 is 0 Å². The van der Waals surface area contributed by atoms with Gasteiger partial charge in [-0.15, -0.1) is 0 Å². The normalized spacial score (nSPS) is 15.8. The number of esters is 1. The van der Waals surface area contributed by atoms with Crippen molar-refractivity contribution in [1.29, 1.82) is 0 Å². The van der Waals surface area contributed by atoms with E-state index in [0.29, 0.717) is 13.2 Å². The average molecular weight is 239 g/mol. The van der Waals surface area contributed by atoms with Crippen LogP contribution in [0.1, 0.15) is 40.0 Å². The maximum atomic E-state index is 12.0. The molecular weight excluding hydrogens is 218 g/mol. The lowest BCUT2D eigenvalue weighted by molar-refractivity contribution is -0.143. The fourth-order valence-electron chi connectivity index (χ4n) is 1.86. The molecule has 1 amide bonds. The molecule has 0 aromatic carbocycles. The van der Waals surface area contributed by atoms with E-state index in [1.807, 2.05) is 19.9 Å². The zero-order valence-corrected chi connectivity index (χ0v) is 10.9. The largest absolute Gasteiger partial charge is 0.466 e. The highest BCUT2D eigenvalue weighted by atomic mass is 16.5. The van der Waals surface area contributed by atoms with E-state index in [1.165, 1.54) is 0 Å². The molecule has 1 rings (SSSR count). The van der Waals surface area contributed by atoms with Gasteiger partial charge in [-0.1, -0.05) is 19.9 Å². The molecule has 0 saturated heterocycles. The lowest BCUT2D eigenvalue weighted by atomic mass is 10.1. The minimum absolute atomic E-state index is 0.0429. The van der Waals surface area contributed by atoms with Gasteiger partial charge < -0.3 is 9.64 Å². The molecule has 96 valence electrons. The van der Waals surface area contributed by atoms with Crippen LogP contribution in [-0.4, -0.2) is 29.9 Å². The number of carbonyl (C=O) groups excluding carboxylic acids is 2. The molecule has 0 aromatic rings. The van der Waals surface area contributed by atoms with Gasteiger partial charge in [0.15, 0.2) is 0 Å². The minimum Gasteiger partial charge on any atom is -0.466 e. The Kier molecular flexibility index (Phi) is 5.19. The zero-order valence-electron chi connectivity index (χ0n) is 10.9. The predicted molar refractivity (Wildman–Crippen MR) is 65.1 cm³/mol. The van der Waals surface area contributed by atoms with E-state index < -0.39 is 0 Å². The third-order valence-electron chi connectivity index (χ3n) is 2.70. The van der Waals surface area contributed by atoms with Gasteiger partial charge in [-0.05, 0) is 19.8 Å². The Bertz CT molecular complexity index is 321. The van der Waals surface area contributed by atoms with Crippen LogP contribution in [0.4, 0.5) is 0 Å². The second-order valence-corrected chi connectivity index (χ2v) is 4.46. The molecule has 0 spiro atoms. The van der Waals surface area contributed by atoms with Crippen molar-refractivity contribution in [2.24, 2.45) is 5.92 Å². The van der Waals surface area contributed by atoms with Gasteiger partial charge in [0.2, 0.25) is 5.91 Å². The summed E-state index contributed by atoms with van der Waals surface area (Å²) in [5.74, 6) is -0.221. The summed E-state index contributed by atoms with van der Waals surface area (Å²) in [6, 6.07) is 0. The molecule has 4 nitrogen and oxygen atoms in total. The minimum atomic E-state index is -0.262. The van der Waals surface area contributed by atoms with Gasteiger partial charge in [-0.25, -0.2) is 0 Å². The molecular formula is C13H21NO3. The molecule has 0 bridgehead atoms. The Morgan fingerprint density at radius 1 is 1.47 bits per heavy atom. The van der Waals surface area contributed by atoms with Crippen LogP contribution in [-0.2, 0) is 14.3 Å². The molecule has 0 N–H and O–H groups in total. The maximum Gasteiger partial charge on any atom is 0.311 e. The van der Waals surface area contributed by atoms with E-state index in [9.17, 15) is 9.59 Å². The molecule has 4 heteroatoms. The van der Waals surface area contributed by atoms with Gasteiger partial charge in [0.05, 0.1) is 13.0 Å². The number of hydrogen-bond acceptors (Lipinski definition) is 3. The van der Waals surface area contributed by atoms with Crippen LogP contribution in [0.2, 0.25) is 0 Å². The molecule has 0 aromatic heterocycles. The molecule has 0 radical (unpaired) electrons. The Hall–Kier alpha value is -1.32. The highest BCUT2D eigenvalue weighted by Gasteiger charge is 2.24. The summed E-state index contributed by atoms with van der Waals surface area (Å²) in [4.78, 5) is 25.2. The first-order valence-electron chi connectivity index (χ1n) is 6.22. The van der Waals surface area contributed by atoms with E-state index in [1.54, 1.807) is 11.8 Å². The quantitative estimate of drug-likeness (QED) is 0.706. The van der Waals surface area contributed by atoms with Crippen LogP contribution < -0.4 is 0 Å². The topological polar surface area (TPSA) is 46.6 Å². The first kappa shape index (κ1) is 13.7. The summed E-state index contributed by atoms with van der Waals surface area (Å²) in [6.07, 6.45) is 4.06. The monoisotopic (exact) mass is 239 g/mol. The van der Waals surface area contributed by atoms with Gasteiger partial charge in [-0.2, -0.15) is 0 Å². The van der Waals surface area contributed by atoms with Gasteiger partial charge in [0.1, 0.15) is 0 Å². The van der Waals surface area contributed by atoms with Crippen molar-refractivity contribution in [3.8, 4) is 0 Å². The van der Waals surface area contributed by atoms with E-state index in [0.717, 1.165) is 18.5 Å². The van der Waals surface area contributed by atoms with Crippen LogP contribution in [0.15, 0.2) is 11.8 Å². The number of rotatable bonds is 4. The fraction of sp³-hybridized carbons (Fsp3) is 0.692. The fourth-order valence-corrected chi connectivity index (χ4v) is 1.86. The average Bonchev–Trinajstić information content (AvgIpc) is 2.29. The molecule has 0 atom stereocenters. The van der Waals surface area contributed by atoms with Gasteiger partial charge in [0.25, 0.3) is 0 Å². The van der Waals surface area contributed by atoms with Crippen molar-refractivity contribution >= 4 is 11.9 Å². The zero-order chi connectivity index (χ0) is 12.8. The van der Waals surface area contributed by atoms with E-state index in [-0.39, 0.29) is 24.2 Å². The van der Waals surface area contributed by atoms with Gasteiger partial charge >= 0.3 is 5.97 Å². The number of carbonyl (C=O) groups is 2. The van der Waals surface area contributed by atoms with E-state index in [2.05, 4.69) is 0 Å². The van der Waals surface area contributed by atoms with Crippen LogP contribution in [0, 0.1) is 5.92 Å². The van der Waals surface area contributed by atoms with Crippen LogP contribution in [0.3, 0.4) is 0 Å². The Morgan fingerprint density at radius 3 is 2.76 bits per heavy atom. The van der Waals surface area contributed by atoms with Crippen molar-refractivity contribution < 1.29 is 14.3 Å². The predicted octanol–water partition coefficient (Wildman–Crippen LogP) is 2.10. The SMILES string of the molecule is CCOC(=O)CC1=CCCCN1C(=O)C(C)C. The highest BCUT2D eigenvalue weighted by Crippen LogP contribution is 2.20. The van der Waals surface area contributed by atoms with Crippen molar-refractivity contribution in [2.45, 2.75) is 40.0 Å². The molecule has 17 heavy (non-hydrogen) atoms. The van der Waals surface area contributed by atoms with Crippen molar-refractivity contribution in [3.05, 3.63) is 11.8 Å². The summed E-state index contributed by atoms with van der Waals surface area (Å²) in [5.41, 5.74) is 0.799. The number of amides is 1. The summed E-state index contributed by atoms with van der Waals surface area (Å²) >= 11 is 0. The first-order valence-corrected chi connectivity index (χ1v) is 6.22. The van der Waals surface area contributed by atoms with Gasteiger partial charge in [0, 0.05) is 18.2 Å².